The van der Waals surface area contributed by atoms with E-state index in [0.29, 0.717) is 17.9 Å². The van der Waals surface area contributed by atoms with E-state index in [2.05, 4.69) is 24.5 Å². The highest BCUT2D eigenvalue weighted by Crippen LogP contribution is 2.30. The van der Waals surface area contributed by atoms with E-state index in [1.54, 1.807) is 18.2 Å². The van der Waals surface area contributed by atoms with Gasteiger partial charge in [0.25, 0.3) is 0 Å². The van der Waals surface area contributed by atoms with Gasteiger partial charge in [-0.05, 0) is 36.8 Å². The molecule has 3 nitrogen and oxygen atoms in total. The highest BCUT2D eigenvalue weighted by Gasteiger charge is 2.29. The van der Waals surface area contributed by atoms with Crippen molar-refractivity contribution in [3.05, 3.63) is 30.1 Å². The lowest BCUT2D eigenvalue weighted by atomic mass is 9.98. The van der Waals surface area contributed by atoms with Crippen LogP contribution in [0.4, 0.5) is 10.1 Å². The number of anilines is 1. The van der Waals surface area contributed by atoms with Crippen LogP contribution in [-0.2, 0) is 4.79 Å². The normalized spacial score (nSPS) is 26.4. The summed E-state index contributed by atoms with van der Waals surface area (Å²) in [6, 6.07) is 6.59. The SMILES string of the molecule is CC1CCC(NCC(=O)Nc2ccccc2F)C1C. The Balaban J connectivity index is 1.81. The number of halogens is 1. The van der Waals surface area contributed by atoms with Gasteiger partial charge in [-0.15, -0.1) is 0 Å². The third-order valence-corrected chi connectivity index (χ3v) is 4.14. The number of nitrogens with one attached hydrogen (secondary N) is 2. The van der Waals surface area contributed by atoms with Crippen molar-refractivity contribution in [3.8, 4) is 0 Å². The van der Waals surface area contributed by atoms with Crippen LogP contribution in [0.15, 0.2) is 24.3 Å². The van der Waals surface area contributed by atoms with Gasteiger partial charge in [-0.3, -0.25) is 4.79 Å². The van der Waals surface area contributed by atoms with E-state index >= 15 is 0 Å². The zero-order valence-electron chi connectivity index (χ0n) is 11.4. The summed E-state index contributed by atoms with van der Waals surface area (Å²) in [6.07, 6.45) is 2.31. The minimum Gasteiger partial charge on any atom is -0.322 e. The zero-order chi connectivity index (χ0) is 13.8. The molecule has 0 saturated heterocycles. The molecule has 0 radical (unpaired) electrons. The molecule has 1 amide bonds. The van der Waals surface area contributed by atoms with Crippen molar-refractivity contribution >= 4 is 11.6 Å². The molecule has 3 unspecified atom stereocenters. The van der Waals surface area contributed by atoms with Gasteiger partial charge in [-0.25, -0.2) is 4.39 Å². The molecule has 1 fully saturated rings. The lowest BCUT2D eigenvalue weighted by molar-refractivity contribution is -0.115. The van der Waals surface area contributed by atoms with Crippen molar-refractivity contribution in [1.82, 2.24) is 5.32 Å². The maximum absolute atomic E-state index is 13.4. The maximum atomic E-state index is 13.4. The Hall–Kier alpha value is -1.42. The van der Waals surface area contributed by atoms with Crippen LogP contribution in [0.25, 0.3) is 0 Å². The lowest BCUT2D eigenvalue weighted by Crippen LogP contribution is -2.38. The fourth-order valence-corrected chi connectivity index (χ4v) is 2.63. The average Bonchev–Trinajstić information content (AvgIpc) is 2.70. The number of hydrogen-bond donors (Lipinski definition) is 2. The number of hydrogen-bond acceptors (Lipinski definition) is 2. The fraction of sp³-hybridized carbons (Fsp3) is 0.533. The van der Waals surface area contributed by atoms with Crippen molar-refractivity contribution in [3.63, 3.8) is 0 Å². The number of carbonyl (C=O) groups excluding carboxylic acids is 1. The van der Waals surface area contributed by atoms with Crippen molar-refractivity contribution in [2.24, 2.45) is 11.8 Å². The van der Waals surface area contributed by atoms with Crippen LogP contribution >= 0.6 is 0 Å². The van der Waals surface area contributed by atoms with Crippen LogP contribution < -0.4 is 10.6 Å². The van der Waals surface area contributed by atoms with Crippen LogP contribution in [-0.4, -0.2) is 18.5 Å². The summed E-state index contributed by atoms with van der Waals surface area (Å²) in [6.45, 7) is 4.69. The molecule has 0 spiro atoms. The number of para-hydroxylation sites is 1. The summed E-state index contributed by atoms with van der Waals surface area (Å²) in [7, 11) is 0. The van der Waals surface area contributed by atoms with E-state index in [0.717, 1.165) is 6.42 Å². The second-order valence-corrected chi connectivity index (χ2v) is 5.43. The van der Waals surface area contributed by atoms with Crippen molar-refractivity contribution in [1.29, 1.82) is 0 Å². The van der Waals surface area contributed by atoms with Gasteiger partial charge in [0.1, 0.15) is 5.82 Å². The third-order valence-electron chi connectivity index (χ3n) is 4.14. The average molecular weight is 264 g/mol. The second-order valence-electron chi connectivity index (χ2n) is 5.43. The third kappa shape index (κ3) is 3.53. The monoisotopic (exact) mass is 264 g/mol. The topological polar surface area (TPSA) is 41.1 Å². The summed E-state index contributed by atoms with van der Waals surface area (Å²) in [5.74, 6) is 0.684. The van der Waals surface area contributed by atoms with E-state index in [4.69, 9.17) is 0 Å². The van der Waals surface area contributed by atoms with Crippen LogP contribution in [0.2, 0.25) is 0 Å². The van der Waals surface area contributed by atoms with Crippen LogP contribution in [0, 0.1) is 17.7 Å². The molecule has 3 atom stereocenters. The highest BCUT2D eigenvalue weighted by atomic mass is 19.1. The fourth-order valence-electron chi connectivity index (χ4n) is 2.63. The molecule has 2 N–H and O–H groups in total. The molecule has 0 heterocycles. The largest absolute Gasteiger partial charge is 0.322 e. The molecule has 1 aromatic carbocycles. The van der Waals surface area contributed by atoms with Gasteiger partial charge in [0.15, 0.2) is 0 Å². The predicted octanol–water partition coefficient (Wildman–Crippen LogP) is 2.79. The first-order chi connectivity index (χ1) is 9.08. The molecule has 1 saturated carbocycles. The van der Waals surface area contributed by atoms with Gasteiger partial charge in [-0.2, -0.15) is 0 Å². The molecular formula is C15H21FN2O. The first-order valence-electron chi connectivity index (χ1n) is 6.85. The molecule has 0 aliphatic heterocycles. The maximum Gasteiger partial charge on any atom is 0.238 e. The van der Waals surface area contributed by atoms with Gasteiger partial charge in [0.2, 0.25) is 5.91 Å². The Labute approximate surface area is 113 Å². The molecule has 1 aliphatic rings. The summed E-state index contributed by atoms with van der Waals surface area (Å²) >= 11 is 0. The Morgan fingerprint density at radius 2 is 2.05 bits per heavy atom. The Bertz CT molecular complexity index is 450. The van der Waals surface area contributed by atoms with Gasteiger partial charge in [0, 0.05) is 6.04 Å². The first kappa shape index (κ1) is 14.0. The van der Waals surface area contributed by atoms with Crippen molar-refractivity contribution in [2.75, 3.05) is 11.9 Å². The first-order valence-corrected chi connectivity index (χ1v) is 6.85. The van der Waals surface area contributed by atoms with Crippen molar-refractivity contribution in [2.45, 2.75) is 32.7 Å². The van der Waals surface area contributed by atoms with Crippen LogP contribution in [0.1, 0.15) is 26.7 Å². The number of amides is 1. The predicted molar refractivity (Wildman–Crippen MR) is 74.4 cm³/mol. The smallest absolute Gasteiger partial charge is 0.238 e. The second kappa shape index (κ2) is 6.15. The molecule has 19 heavy (non-hydrogen) atoms. The summed E-state index contributed by atoms with van der Waals surface area (Å²) in [5.41, 5.74) is 0.238. The molecular weight excluding hydrogens is 243 g/mol. The minimum absolute atomic E-state index is 0.197. The number of rotatable bonds is 4. The molecule has 2 rings (SSSR count). The van der Waals surface area contributed by atoms with Gasteiger partial charge >= 0.3 is 0 Å². The molecule has 4 heteroatoms. The van der Waals surface area contributed by atoms with Gasteiger partial charge in [-0.1, -0.05) is 26.0 Å². The Morgan fingerprint density at radius 3 is 2.68 bits per heavy atom. The quantitative estimate of drug-likeness (QED) is 0.878. The summed E-state index contributed by atoms with van der Waals surface area (Å²) < 4.78 is 13.4. The zero-order valence-corrected chi connectivity index (χ0v) is 11.4. The van der Waals surface area contributed by atoms with E-state index in [9.17, 15) is 9.18 Å². The van der Waals surface area contributed by atoms with E-state index in [1.165, 1.54) is 12.5 Å². The number of carbonyl (C=O) groups is 1. The van der Waals surface area contributed by atoms with Crippen LogP contribution in [0.3, 0.4) is 0 Å². The van der Waals surface area contributed by atoms with E-state index in [1.807, 2.05) is 0 Å². The molecule has 104 valence electrons. The number of benzene rings is 1. The molecule has 1 aliphatic carbocycles. The van der Waals surface area contributed by atoms with E-state index in [-0.39, 0.29) is 18.1 Å². The van der Waals surface area contributed by atoms with E-state index < -0.39 is 5.82 Å². The van der Waals surface area contributed by atoms with Gasteiger partial charge < -0.3 is 10.6 Å². The highest BCUT2D eigenvalue weighted by molar-refractivity contribution is 5.92. The molecule has 1 aromatic rings. The standard InChI is InChI=1S/C15H21FN2O/c1-10-7-8-13(11(10)2)17-9-15(19)18-14-6-4-3-5-12(14)16/h3-6,10-11,13,17H,7-9H2,1-2H3,(H,18,19). The Morgan fingerprint density at radius 1 is 1.32 bits per heavy atom. The summed E-state index contributed by atoms with van der Waals surface area (Å²) in [5, 5.41) is 5.85. The minimum atomic E-state index is -0.404. The van der Waals surface area contributed by atoms with Gasteiger partial charge in [0.05, 0.1) is 12.2 Å². The lowest BCUT2D eigenvalue weighted by Gasteiger charge is -2.19. The Kier molecular flexibility index (Phi) is 4.53. The summed E-state index contributed by atoms with van der Waals surface area (Å²) in [4.78, 5) is 11.8. The van der Waals surface area contributed by atoms with Crippen molar-refractivity contribution < 1.29 is 9.18 Å². The molecule has 0 bridgehead atoms. The molecule has 0 aromatic heterocycles. The van der Waals surface area contributed by atoms with Crippen LogP contribution in [0.5, 0.6) is 0 Å².